The number of hydrogen-bond donors (Lipinski definition) is 7. The van der Waals surface area contributed by atoms with Gasteiger partial charge in [-0.1, -0.05) is 0 Å². The second-order valence-corrected chi connectivity index (χ2v) is 5.40. The van der Waals surface area contributed by atoms with Crippen molar-refractivity contribution in [3.8, 4) is 0 Å². The van der Waals surface area contributed by atoms with E-state index in [0.29, 0.717) is 0 Å². The highest BCUT2D eigenvalue weighted by molar-refractivity contribution is 5.92. The van der Waals surface area contributed by atoms with Crippen LogP contribution in [0.15, 0.2) is 0 Å². The Morgan fingerprint density at radius 2 is 1.42 bits per heavy atom. The Bertz CT molecular complexity index is 481. The maximum absolute atomic E-state index is 12.1. The van der Waals surface area contributed by atoms with Crippen molar-refractivity contribution in [3.05, 3.63) is 0 Å². The minimum Gasteiger partial charge on any atom is -0.480 e. The average Bonchev–Trinajstić information content (AvgIpc) is 2.45. The minimum absolute atomic E-state index is 0.0548. The SMILES string of the molecule is CC(O)C(NC(=O)C(NC(=O)C(N)CCC(N)=O)C(C)O)C(=O)O. The summed E-state index contributed by atoms with van der Waals surface area (Å²) >= 11 is 0. The number of carboxylic acid groups (broad SMARTS) is 1. The van der Waals surface area contributed by atoms with Crippen molar-refractivity contribution in [1.29, 1.82) is 0 Å². The Morgan fingerprint density at radius 1 is 0.958 bits per heavy atom. The molecular weight excluding hydrogens is 324 g/mol. The Morgan fingerprint density at radius 3 is 1.79 bits per heavy atom. The quantitative estimate of drug-likeness (QED) is 0.209. The van der Waals surface area contributed by atoms with E-state index in [2.05, 4.69) is 5.32 Å². The van der Waals surface area contributed by atoms with Crippen LogP contribution in [0, 0.1) is 0 Å². The fourth-order valence-electron chi connectivity index (χ4n) is 1.73. The molecule has 0 bridgehead atoms. The number of nitrogens with one attached hydrogen (secondary N) is 2. The number of carbonyl (C=O) groups is 4. The molecule has 5 unspecified atom stereocenters. The molecule has 9 N–H and O–H groups in total. The lowest BCUT2D eigenvalue weighted by molar-refractivity contribution is -0.145. The van der Waals surface area contributed by atoms with E-state index in [1.165, 1.54) is 6.92 Å². The normalized spacial score (nSPS) is 17.0. The molecule has 11 nitrogen and oxygen atoms in total. The van der Waals surface area contributed by atoms with Gasteiger partial charge in [0.25, 0.3) is 0 Å². The molecule has 0 aromatic carbocycles. The van der Waals surface area contributed by atoms with Gasteiger partial charge in [0.05, 0.1) is 18.2 Å². The van der Waals surface area contributed by atoms with Crippen molar-refractivity contribution < 1.29 is 34.5 Å². The molecule has 3 amide bonds. The van der Waals surface area contributed by atoms with Crippen molar-refractivity contribution in [1.82, 2.24) is 10.6 Å². The topological polar surface area (TPSA) is 205 Å². The van der Waals surface area contributed by atoms with E-state index in [1.54, 1.807) is 0 Å². The van der Waals surface area contributed by atoms with Crippen LogP contribution in [0.1, 0.15) is 26.7 Å². The standard InChI is InChI=1S/C13H24N4O7/c1-5(18)9(12(22)17-10(6(2)19)13(23)24)16-11(21)7(14)3-4-8(15)20/h5-7,9-10,18-19H,3-4,14H2,1-2H3,(H2,15,20)(H,16,21)(H,17,22)(H,23,24). The van der Waals surface area contributed by atoms with Gasteiger partial charge in [0.1, 0.15) is 6.04 Å². The summed E-state index contributed by atoms with van der Waals surface area (Å²) in [5.74, 6) is -3.95. The molecule has 0 aliphatic carbocycles. The maximum atomic E-state index is 12.1. The molecule has 0 heterocycles. The van der Waals surface area contributed by atoms with Gasteiger partial charge < -0.3 is 37.4 Å². The molecule has 0 rings (SSSR count). The van der Waals surface area contributed by atoms with Crippen LogP contribution in [0.4, 0.5) is 0 Å². The zero-order valence-corrected chi connectivity index (χ0v) is 13.4. The Kier molecular flexibility index (Phi) is 8.89. The summed E-state index contributed by atoms with van der Waals surface area (Å²) in [6.07, 6.45) is -2.94. The number of amides is 3. The van der Waals surface area contributed by atoms with Gasteiger partial charge >= 0.3 is 5.97 Å². The van der Waals surface area contributed by atoms with Gasteiger partial charge in [-0.3, -0.25) is 14.4 Å². The van der Waals surface area contributed by atoms with Crippen LogP contribution < -0.4 is 22.1 Å². The second-order valence-electron chi connectivity index (χ2n) is 5.40. The molecule has 0 aromatic heterocycles. The molecule has 0 saturated carbocycles. The van der Waals surface area contributed by atoms with Gasteiger partial charge in [-0.15, -0.1) is 0 Å². The number of nitrogens with two attached hydrogens (primary N) is 2. The Balaban J connectivity index is 4.90. The fourth-order valence-corrected chi connectivity index (χ4v) is 1.73. The predicted molar refractivity (Wildman–Crippen MR) is 81.3 cm³/mol. The molecule has 0 aromatic rings. The first-order valence-electron chi connectivity index (χ1n) is 7.21. The van der Waals surface area contributed by atoms with E-state index in [4.69, 9.17) is 16.6 Å². The highest BCUT2D eigenvalue weighted by Gasteiger charge is 2.32. The van der Waals surface area contributed by atoms with Gasteiger partial charge in [0.2, 0.25) is 17.7 Å². The van der Waals surface area contributed by atoms with Crippen LogP contribution in [0.5, 0.6) is 0 Å². The summed E-state index contributed by atoms with van der Waals surface area (Å²) in [5, 5.41) is 32.1. The number of carbonyl (C=O) groups excluding carboxylic acids is 3. The lowest BCUT2D eigenvalue weighted by atomic mass is 10.1. The van der Waals surface area contributed by atoms with Crippen molar-refractivity contribution in [3.63, 3.8) is 0 Å². The van der Waals surface area contributed by atoms with Crippen molar-refractivity contribution in [2.24, 2.45) is 11.5 Å². The molecule has 0 aliphatic rings. The number of aliphatic hydroxyl groups excluding tert-OH is 2. The van der Waals surface area contributed by atoms with Crippen molar-refractivity contribution >= 4 is 23.7 Å². The Labute approximate surface area is 138 Å². The van der Waals surface area contributed by atoms with Crippen LogP contribution in [-0.2, 0) is 19.2 Å². The molecule has 11 heteroatoms. The third kappa shape index (κ3) is 7.35. The first-order valence-corrected chi connectivity index (χ1v) is 7.21. The van der Waals surface area contributed by atoms with Crippen LogP contribution >= 0.6 is 0 Å². The van der Waals surface area contributed by atoms with Crippen molar-refractivity contribution in [2.45, 2.75) is 57.0 Å². The molecular formula is C13H24N4O7. The van der Waals surface area contributed by atoms with Gasteiger partial charge in [0.15, 0.2) is 6.04 Å². The van der Waals surface area contributed by atoms with Crippen LogP contribution in [0.2, 0.25) is 0 Å². The third-order valence-electron chi connectivity index (χ3n) is 3.15. The number of primary amides is 1. The average molecular weight is 348 g/mol. The maximum Gasteiger partial charge on any atom is 0.328 e. The lowest BCUT2D eigenvalue weighted by Gasteiger charge is -2.25. The van der Waals surface area contributed by atoms with Crippen LogP contribution in [-0.4, -0.2) is 69.3 Å². The van der Waals surface area contributed by atoms with E-state index < -0.39 is 54.0 Å². The highest BCUT2D eigenvalue weighted by Crippen LogP contribution is 2.01. The smallest absolute Gasteiger partial charge is 0.328 e. The van der Waals surface area contributed by atoms with Crippen LogP contribution in [0.3, 0.4) is 0 Å². The van der Waals surface area contributed by atoms with E-state index in [-0.39, 0.29) is 12.8 Å². The fraction of sp³-hybridized carbons (Fsp3) is 0.692. The number of hydrogen-bond acceptors (Lipinski definition) is 7. The molecule has 138 valence electrons. The molecule has 0 spiro atoms. The van der Waals surface area contributed by atoms with Crippen molar-refractivity contribution in [2.75, 3.05) is 0 Å². The number of carboxylic acids is 1. The summed E-state index contributed by atoms with van der Waals surface area (Å²) in [7, 11) is 0. The molecule has 24 heavy (non-hydrogen) atoms. The largest absolute Gasteiger partial charge is 0.480 e. The molecule has 0 radical (unpaired) electrons. The molecule has 0 aliphatic heterocycles. The minimum atomic E-state index is -1.61. The summed E-state index contributed by atoms with van der Waals surface area (Å²) in [4.78, 5) is 45.6. The third-order valence-corrected chi connectivity index (χ3v) is 3.15. The number of aliphatic hydroxyl groups is 2. The summed E-state index contributed by atoms with van der Waals surface area (Å²) in [5.41, 5.74) is 10.5. The van der Waals surface area contributed by atoms with Gasteiger partial charge in [-0.05, 0) is 20.3 Å². The summed E-state index contributed by atoms with van der Waals surface area (Å²) in [6.45, 7) is 2.37. The van der Waals surface area contributed by atoms with E-state index in [1.807, 2.05) is 5.32 Å². The first-order chi connectivity index (χ1) is 11.0. The summed E-state index contributed by atoms with van der Waals surface area (Å²) in [6, 6.07) is -4.24. The zero-order chi connectivity index (χ0) is 19.0. The van der Waals surface area contributed by atoms with Gasteiger partial charge in [0, 0.05) is 6.42 Å². The summed E-state index contributed by atoms with van der Waals surface area (Å²) < 4.78 is 0. The monoisotopic (exact) mass is 348 g/mol. The number of aliphatic carboxylic acids is 1. The Hall–Kier alpha value is -2.24. The zero-order valence-electron chi connectivity index (χ0n) is 13.4. The van der Waals surface area contributed by atoms with E-state index in [0.717, 1.165) is 6.92 Å². The molecule has 5 atom stereocenters. The van der Waals surface area contributed by atoms with E-state index in [9.17, 15) is 29.4 Å². The molecule has 0 fully saturated rings. The molecule has 0 saturated heterocycles. The highest BCUT2D eigenvalue weighted by atomic mass is 16.4. The number of rotatable bonds is 10. The van der Waals surface area contributed by atoms with Gasteiger partial charge in [-0.2, -0.15) is 0 Å². The van der Waals surface area contributed by atoms with Crippen LogP contribution in [0.25, 0.3) is 0 Å². The van der Waals surface area contributed by atoms with E-state index >= 15 is 0 Å². The van der Waals surface area contributed by atoms with Gasteiger partial charge in [-0.25, -0.2) is 4.79 Å². The first kappa shape index (κ1) is 21.8. The second kappa shape index (κ2) is 9.80. The lowest BCUT2D eigenvalue weighted by Crippen LogP contribution is -2.59. The predicted octanol–water partition coefficient (Wildman–Crippen LogP) is -3.60.